The molecule has 0 saturated carbocycles. The summed E-state index contributed by atoms with van der Waals surface area (Å²) in [6.45, 7) is 5.07. The number of pyridine rings is 2. The van der Waals surface area contributed by atoms with Crippen LogP contribution in [0.15, 0.2) is 42.9 Å². The number of nitrogens with one attached hydrogen (secondary N) is 1. The van der Waals surface area contributed by atoms with Crippen molar-refractivity contribution in [2.75, 3.05) is 23.7 Å². The van der Waals surface area contributed by atoms with Crippen LogP contribution < -0.4 is 21.1 Å². The van der Waals surface area contributed by atoms with Crippen molar-refractivity contribution in [2.45, 2.75) is 38.3 Å². The van der Waals surface area contributed by atoms with Gasteiger partial charge in [0.1, 0.15) is 11.9 Å². The number of ether oxygens (including phenoxy) is 1. The molecule has 35 heavy (non-hydrogen) atoms. The zero-order valence-corrected chi connectivity index (χ0v) is 21.0. The Bertz CT molecular complexity index is 1240. The van der Waals surface area contributed by atoms with Crippen LogP contribution in [0.5, 0.6) is 5.75 Å². The Morgan fingerprint density at radius 3 is 2.46 bits per heavy atom. The number of aromatic nitrogens is 2. The first kappa shape index (κ1) is 25.2. The van der Waals surface area contributed by atoms with Crippen LogP contribution >= 0.6 is 23.2 Å². The summed E-state index contributed by atoms with van der Waals surface area (Å²) in [5.41, 5.74) is 13.8. The van der Waals surface area contributed by atoms with Crippen molar-refractivity contribution in [1.82, 2.24) is 9.97 Å². The highest BCUT2D eigenvalue weighted by atomic mass is 35.5. The molecule has 184 valence electrons. The van der Waals surface area contributed by atoms with Gasteiger partial charge in [-0.15, -0.1) is 0 Å². The molecule has 1 aliphatic heterocycles. The number of anilines is 2. The molecular formula is C25H27Cl2FN6O. The van der Waals surface area contributed by atoms with Crippen molar-refractivity contribution in [3.63, 3.8) is 0 Å². The van der Waals surface area contributed by atoms with E-state index in [0.717, 1.165) is 12.8 Å². The van der Waals surface area contributed by atoms with Gasteiger partial charge in [-0.05, 0) is 51.0 Å². The summed E-state index contributed by atoms with van der Waals surface area (Å²) in [5, 5.41) is 9.44. The van der Waals surface area contributed by atoms with Crippen LogP contribution in [0.25, 0.3) is 0 Å². The van der Waals surface area contributed by atoms with E-state index < -0.39 is 11.9 Å². The number of halogens is 3. The number of nitrogens with two attached hydrogens (primary N) is 2. The molecule has 0 unspecified atom stereocenters. The van der Waals surface area contributed by atoms with Crippen LogP contribution in [0.4, 0.5) is 15.9 Å². The summed E-state index contributed by atoms with van der Waals surface area (Å²) in [5.74, 6) is 0.232. The third kappa shape index (κ3) is 5.50. The highest BCUT2D eigenvalue weighted by Crippen LogP contribution is 2.33. The Hall–Kier alpha value is -2.94. The lowest BCUT2D eigenvalue weighted by atomic mass is 9.91. The van der Waals surface area contributed by atoms with Gasteiger partial charge in [-0.25, -0.2) is 9.37 Å². The van der Waals surface area contributed by atoms with Crippen LogP contribution in [0.2, 0.25) is 10.0 Å². The number of nitrogens with zero attached hydrogens (tertiary/aromatic N) is 3. The lowest BCUT2D eigenvalue weighted by Crippen LogP contribution is -2.48. The minimum Gasteiger partial charge on any atom is -0.486 e. The third-order valence-corrected chi connectivity index (χ3v) is 6.82. The van der Waals surface area contributed by atoms with E-state index in [1.807, 2.05) is 11.8 Å². The second kappa shape index (κ2) is 9.97. The van der Waals surface area contributed by atoms with Gasteiger partial charge in [0, 0.05) is 59.6 Å². The van der Waals surface area contributed by atoms with Gasteiger partial charge in [0.25, 0.3) is 0 Å². The maximum atomic E-state index is 15.0. The first-order valence-corrected chi connectivity index (χ1v) is 11.9. The molecule has 3 heterocycles. The molecule has 0 spiro atoms. The third-order valence-electron chi connectivity index (χ3n) is 6.22. The molecule has 1 fully saturated rings. The predicted octanol–water partition coefficient (Wildman–Crippen LogP) is 5.38. The van der Waals surface area contributed by atoms with Gasteiger partial charge in [0.2, 0.25) is 0 Å². The van der Waals surface area contributed by atoms with Gasteiger partial charge in [-0.2, -0.15) is 0 Å². The van der Waals surface area contributed by atoms with Crippen molar-refractivity contribution in [3.8, 4) is 5.75 Å². The summed E-state index contributed by atoms with van der Waals surface area (Å²) in [7, 11) is 0. The number of hydrogen-bond donors (Lipinski definition) is 3. The zero-order chi connectivity index (χ0) is 25.3. The van der Waals surface area contributed by atoms with Crippen LogP contribution in [-0.4, -0.2) is 34.3 Å². The highest BCUT2D eigenvalue weighted by molar-refractivity contribution is 6.35. The fourth-order valence-electron chi connectivity index (χ4n) is 4.08. The molecule has 1 saturated heterocycles. The molecule has 10 heteroatoms. The molecule has 0 radical (unpaired) electrons. The van der Waals surface area contributed by atoms with Gasteiger partial charge in [-0.3, -0.25) is 10.4 Å². The quantitative estimate of drug-likeness (QED) is 0.299. The summed E-state index contributed by atoms with van der Waals surface area (Å²) in [4.78, 5) is 10.2. The van der Waals surface area contributed by atoms with Crippen molar-refractivity contribution in [3.05, 3.63) is 75.4 Å². The van der Waals surface area contributed by atoms with E-state index >= 15 is 4.39 Å². The maximum absolute atomic E-state index is 15.0. The van der Waals surface area contributed by atoms with E-state index in [1.165, 1.54) is 24.7 Å². The first-order chi connectivity index (χ1) is 16.6. The van der Waals surface area contributed by atoms with E-state index in [0.29, 0.717) is 51.3 Å². The molecule has 2 aromatic heterocycles. The number of nitrogen functional groups attached to an aromatic ring is 1. The molecule has 0 bridgehead atoms. The van der Waals surface area contributed by atoms with E-state index in [4.69, 9.17) is 44.8 Å². The number of piperidine rings is 1. The Morgan fingerprint density at radius 2 is 1.83 bits per heavy atom. The Balaban J connectivity index is 1.55. The fraction of sp³-hybridized carbons (Fsp3) is 0.320. The summed E-state index contributed by atoms with van der Waals surface area (Å²) < 4.78 is 21.0. The second-order valence-electron chi connectivity index (χ2n) is 9.07. The minimum absolute atomic E-state index is 0.0340. The van der Waals surface area contributed by atoms with Gasteiger partial charge in [-0.1, -0.05) is 23.2 Å². The fourth-order valence-corrected chi connectivity index (χ4v) is 4.75. The largest absolute Gasteiger partial charge is 0.486 e. The average Bonchev–Trinajstić information content (AvgIpc) is 2.80. The van der Waals surface area contributed by atoms with E-state index in [2.05, 4.69) is 9.97 Å². The Labute approximate surface area is 213 Å². The number of hydrogen-bond acceptors (Lipinski definition) is 7. The molecular weight excluding hydrogens is 490 g/mol. The van der Waals surface area contributed by atoms with Crippen molar-refractivity contribution >= 4 is 40.4 Å². The Kier molecular flexibility index (Phi) is 7.17. The molecule has 1 aliphatic rings. The van der Waals surface area contributed by atoms with Crippen molar-refractivity contribution < 1.29 is 9.13 Å². The molecule has 1 aromatic carbocycles. The zero-order valence-electron chi connectivity index (χ0n) is 19.5. The molecule has 1 atom stereocenters. The van der Waals surface area contributed by atoms with E-state index in [-0.39, 0.29) is 17.1 Å². The molecule has 0 amide bonds. The van der Waals surface area contributed by atoms with E-state index in [1.54, 1.807) is 25.1 Å². The average molecular weight is 517 g/mol. The van der Waals surface area contributed by atoms with E-state index in [9.17, 15) is 0 Å². The van der Waals surface area contributed by atoms with Crippen LogP contribution in [0.3, 0.4) is 0 Å². The lowest BCUT2D eigenvalue weighted by molar-refractivity contribution is 0.227. The summed E-state index contributed by atoms with van der Waals surface area (Å²) >= 11 is 12.5. The smallest absolute Gasteiger partial charge is 0.166 e. The van der Waals surface area contributed by atoms with Gasteiger partial charge in [0.15, 0.2) is 11.6 Å². The molecule has 4 rings (SSSR count). The second-order valence-corrected chi connectivity index (χ2v) is 9.89. The highest BCUT2D eigenvalue weighted by Gasteiger charge is 2.28. The number of benzene rings is 1. The van der Waals surface area contributed by atoms with Gasteiger partial charge < -0.3 is 21.1 Å². The Morgan fingerprint density at radius 1 is 1.17 bits per heavy atom. The lowest BCUT2D eigenvalue weighted by Gasteiger charge is -2.37. The van der Waals surface area contributed by atoms with Crippen LogP contribution in [0.1, 0.15) is 49.5 Å². The molecule has 7 nitrogen and oxygen atoms in total. The predicted molar refractivity (Wildman–Crippen MR) is 138 cm³/mol. The first-order valence-electron chi connectivity index (χ1n) is 11.2. The molecule has 0 aliphatic carbocycles. The summed E-state index contributed by atoms with van der Waals surface area (Å²) in [6.07, 6.45) is 5.50. The van der Waals surface area contributed by atoms with Crippen molar-refractivity contribution in [1.29, 1.82) is 5.41 Å². The molecule has 3 aromatic rings. The topological polar surface area (TPSA) is 114 Å². The van der Waals surface area contributed by atoms with Gasteiger partial charge in [0.05, 0.1) is 15.8 Å². The minimum atomic E-state index is -0.491. The monoisotopic (exact) mass is 516 g/mol. The standard InChI is InChI=1S/C25H27Cl2FN6O/c1-14(22-18(26)12-32-13-19(22)27)35-16-3-4-21(29)17(10-16)23(30)15-9-20(28)24(33-11-15)34-7-5-25(2,31)6-8-34/h3-4,9-14,30H,5-8,29,31H2,1-2H3/t14-/m1/s1. The summed E-state index contributed by atoms with van der Waals surface area (Å²) in [6, 6.07) is 6.27. The SMILES string of the molecule is C[C@@H](Oc1ccc(N)c(C(=N)c2cnc(N3CCC(C)(N)CC3)c(F)c2)c1)c1c(Cl)cncc1Cl. The van der Waals surface area contributed by atoms with Gasteiger partial charge >= 0.3 is 0 Å². The van der Waals surface area contributed by atoms with Crippen molar-refractivity contribution in [2.24, 2.45) is 5.73 Å². The normalized spacial score (nSPS) is 16.1. The number of rotatable bonds is 6. The molecule has 5 N–H and O–H groups in total. The maximum Gasteiger partial charge on any atom is 0.166 e. The van der Waals surface area contributed by atoms with Crippen LogP contribution in [-0.2, 0) is 0 Å². The van der Waals surface area contributed by atoms with Crippen LogP contribution in [0, 0.1) is 11.2 Å².